The first kappa shape index (κ1) is 13.9. The van der Waals surface area contributed by atoms with E-state index in [1.165, 1.54) is 0 Å². The van der Waals surface area contributed by atoms with Gasteiger partial charge in [-0.25, -0.2) is 4.79 Å². The van der Waals surface area contributed by atoms with Gasteiger partial charge in [-0.3, -0.25) is 0 Å². The number of rotatable bonds is 4. The average molecular weight is 291 g/mol. The third-order valence-electron chi connectivity index (χ3n) is 3.65. The van der Waals surface area contributed by atoms with Gasteiger partial charge in [-0.15, -0.1) is 0 Å². The van der Waals surface area contributed by atoms with E-state index >= 15 is 0 Å². The Labute approximate surface area is 127 Å². The van der Waals surface area contributed by atoms with Crippen LogP contribution in [-0.4, -0.2) is 11.1 Å². The van der Waals surface area contributed by atoms with Crippen LogP contribution in [0.5, 0.6) is 0 Å². The number of hydrogen-bond acceptors (Lipinski definition) is 3. The highest BCUT2D eigenvalue weighted by Crippen LogP contribution is 2.23. The van der Waals surface area contributed by atoms with Gasteiger partial charge in [-0.05, 0) is 42.3 Å². The van der Waals surface area contributed by atoms with E-state index in [1.54, 1.807) is 24.5 Å². The Hall–Kier alpha value is -3.06. The molecule has 1 heterocycles. The predicted molar refractivity (Wildman–Crippen MR) is 81.7 cm³/mol. The molecule has 2 aromatic carbocycles. The molecule has 0 atom stereocenters. The molecule has 1 aromatic heterocycles. The number of aryl methyl sites for hydroxylation is 2. The second-order valence-electron chi connectivity index (χ2n) is 5.07. The topological polar surface area (TPSA) is 74.2 Å². The summed E-state index contributed by atoms with van der Waals surface area (Å²) in [6, 6.07) is 14.5. The van der Waals surface area contributed by atoms with Gasteiger partial charge < -0.3 is 9.52 Å². The number of carboxylic acid groups (broad SMARTS) is 1. The van der Waals surface area contributed by atoms with Crippen LogP contribution in [0.4, 0.5) is 0 Å². The lowest BCUT2D eigenvalue weighted by molar-refractivity contribution is 0.0697. The number of carbonyl (C=O) groups is 1. The Morgan fingerprint density at radius 3 is 2.59 bits per heavy atom. The van der Waals surface area contributed by atoms with Crippen LogP contribution in [0.25, 0.3) is 10.8 Å². The summed E-state index contributed by atoms with van der Waals surface area (Å²) in [5.74, 6) is -0.0429. The molecule has 108 valence electrons. The maximum atomic E-state index is 10.8. The molecule has 0 unspecified atom stereocenters. The maximum absolute atomic E-state index is 10.8. The van der Waals surface area contributed by atoms with Crippen LogP contribution in [0.2, 0.25) is 0 Å². The Bertz CT molecular complexity index is 869. The summed E-state index contributed by atoms with van der Waals surface area (Å²) in [5, 5.41) is 19.7. The number of fused-ring (bicyclic) bond motifs is 1. The molecule has 0 bridgehead atoms. The van der Waals surface area contributed by atoms with Crippen molar-refractivity contribution in [3.8, 4) is 6.07 Å². The third-order valence-corrected chi connectivity index (χ3v) is 3.65. The number of nitrogens with zero attached hydrogens (tertiary/aromatic N) is 1. The van der Waals surface area contributed by atoms with E-state index in [-0.39, 0.29) is 5.56 Å². The molecule has 0 aliphatic rings. The number of aromatic carboxylic acids is 1. The summed E-state index contributed by atoms with van der Waals surface area (Å²) in [6.45, 7) is 0. The smallest absolute Gasteiger partial charge is 0.335 e. The molecule has 0 radical (unpaired) electrons. The first-order valence-corrected chi connectivity index (χ1v) is 6.90. The fraction of sp³-hybridized carbons (Fsp3) is 0.111. The molecule has 0 amide bonds. The molecule has 0 aliphatic heterocycles. The zero-order chi connectivity index (χ0) is 15.5. The highest BCUT2D eigenvalue weighted by molar-refractivity contribution is 5.87. The van der Waals surface area contributed by atoms with Crippen molar-refractivity contribution in [2.45, 2.75) is 12.8 Å². The second-order valence-corrected chi connectivity index (χ2v) is 5.07. The van der Waals surface area contributed by atoms with Gasteiger partial charge in [0.25, 0.3) is 0 Å². The van der Waals surface area contributed by atoms with Gasteiger partial charge in [0.15, 0.2) is 0 Å². The zero-order valence-electron chi connectivity index (χ0n) is 11.7. The minimum Gasteiger partial charge on any atom is -0.478 e. The van der Waals surface area contributed by atoms with E-state index < -0.39 is 5.97 Å². The summed E-state index contributed by atoms with van der Waals surface area (Å²) < 4.78 is 5.59. The van der Waals surface area contributed by atoms with E-state index in [2.05, 4.69) is 6.07 Å². The average Bonchev–Trinajstić information content (AvgIpc) is 2.95. The van der Waals surface area contributed by atoms with E-state index in [4.69, 9.17) is 14.8 Å². The monoisotopic (exact) mass is 291 g/mol. The van der Waals surface area contributed by atoms with E-state index in [0.29, 0.717) is 5.56 Å². The number of nitriles is 1. The van der Waals surface area contributed by atoms with Gasteiger partial charge >= 0.3 is 5.97 Å². The van der Waals surface area contributed by atoms with Crippen molar-refractivity contribution in [3.63, 3.8) is 0 Å². The van der Waals surface area contributed by atoms with Crippen LogP contribution in [0.1, 0.15) is 27.2 Å². The van der Waals surface area contributed by atoms with Crippen LogP contribution in [0.15, 0.2) is 53.1 Å². The molecule has 0 aliphatic carbocycles. The quantitative estimate of drug-likeness (QED) is 0.793. The van der Waals surface area contributed by atoms with Crippen molar-refractivity contribution in [1.29, 1.82) is 5.26 Å². The molecule has 0 saturated carbocycles. The van der Waals surface area contributed by atoms with E-state index in [1.807, 2.05) is 24.3 Å². The minimum absolute atomic E-state index is 0.288. The van der Waals surface area contributed by atoms with Gasteiger partial charge in [0.1, 0.15) is 5.76 Å². The van der Waals surface area contributed by atoms with Gasteiger partial charge in [-0.2, -0.15) is 5.26 Å². The van der Waals surface area contributed by atoms with Crippen molar-refractivity contribution >= 4 is 16.7 Å². The van der Waals surface area contributed by atoms with Crippen LogP contribution < -0.4 is 0 Å². The Morgan fingerprint density at radius 1 is 1.14 bits per heavy atom. The highest BCUT2D eigenvalue weighted by atomic mass is 16.4. The van der Waals surface area contributed by atoms with Crippen LogP contribution in [0, 0.1) is 11.3 Å². The van der Waals surface area contributed by atoms with Crippen LogP contribution in [-0.2, 0) is 12.8 Å². The lowest BCUT2D eigenvalue weighted by Crippen LogP contribution is -1.97. The molecule has 4 nitrogen and oxygen atoms in total. The van der Waals surface area contributed by atoms with E-state index in [0.717, 1.165) is 34.9 Å². The first-order chi connectivity index (χ1) is 10.7. The largest absolute Gasteiger partial charge is 0.478 e. The maximum Gasteiger partial charge on any atom is 0.335 e. The molecule has 0 fully saturated rings. The summed E-state index contributed by atoms with van der Waals surface area (Å²) in [7, 11) is 0. The third kappa shape index (κ3) is 2.70. The normalized spacial score (nSPS) is 10.5. The molecular weight excluding hydrogens is 278 g/mol. The van der Waals surface area contributed by atoms with Crippen molar-refractivity contribution < 1.29 is 14.3 Å². The number of furan rings is 1. The van der Waals surface area contributed by atoms with Crippen LogP contribution in [0.3, 0.4) is 0 Å². The van der Waals surface area contributed by atoms with Crippen LogP contribution >= 0.6 is 0 Å². The van der Waals surface area contributed by atoms with Gasteiger partial charge in [0.05, 0.1) is 23.5 Å². The molecule has 0 spiro atoms. The molecule has 1 N–H and O–H groups in total. The number of benzene rings is 2. The van der Waals surface area contributed by atoms with Gasteiger partial charge in [-0.1, -0.05) is 12.1 Å². The van der Waals surface area contributed by atoms with Crippen molar-refractivity contribution in [2.75, 3.05) is 0 Å². The fourth-order valence-corrected chi connectivity index (χ4v) is 2.45. The Balaban J connectivity index is 1.76. The number of carboxylic acids is 1. The number of hydrogen-bond donors (Lipinski definition) is 1. The standard InChI is InChI=1S/C18H13NO3/c19-10-13-3-7-16-15(9-13)11-22-17(16)8-4-12-1-5-14(6-2-12)18(20)21/h1-3,5-7,9,11H,4,8H2,(H,20,21). The molecular formula is C18H13NO3. The summed E-state index contributed by atoms with van der Waals surface area (Å²) in [5.41, 5.74) is 1.96. The Kier molecular flexibility index (Phi) is 3.63. The molecule has 4 heteroatoms. The minimum atomic E-state index is -0.920. The van der Waals surface area contributed by atoms with Gasteiger partial charge in [0, 0.05) is 17.2 Å². The molecule has 0 saturated heterocycles. The lowest BCUT2D eigenvalue weighted by atomic mass is 10.0. The fourth-order valence-electron chi connectivity index (χ4n) is 2.45. The van der Waals surface area contributed by atoms with Crippen molar-refractivity contribution in [1.82, 2.24) is 0 Å². The summed E-state index contributed by atoms with van der Waals surface area (Å²) >= 11 is 0. The van der Waals surface area contributed by atoms with Crippen molar-refractivity contribution in [3.05, 3.63) is 71.2 Å². The SMILES string of the molecule is N#Cc1ccc2c(CCc3ccc(C(=O)O)cc3)occ2c1. The van der Waals surface area contributed by atoms with Gasteiger partial charge in [0.2, 0.25) is 0 Å². The molecule has 3 aromatic rings. The summed E-state index contributed by atoms with van der Waals surface area (Å²) in [6.07, 6.45) is 3.16. The second kappa shape index (κ2) is 5.74. The molecule has 22 heavy (non-hydrogen) atoms. The molecule has 3 rings (SSSR count). The predicted octanol–water partition coefficient (Wildman–Crippen LogP) is 3.79. The van der Waals surface area contributed by atoms with Crippen molar-refractivity contribution in [2.24, 2.45) is 0 Å². The first-order valence-electron chi connectivity index (χ1n) is 6.90. The summed E-state index contributed by atoms with van der Waals surface area (Å²) in [4.78, 5) is 10.8. The Morgan fingerprint density at radius 2 is 1.91 bits per heavy atom. The zero-order valence-corrected chi connectivity index (χ0v) is 11.7. The highest BCUT2D eigenvalue weighted by Gasteiger charge is 2.08. The lowest BCUT2D eigenvalue weighted by Gasteiger charge is -2.01. The van der Waals surface area contributed by atoms with E-state index in [9.17, 15) is 4.79 Å².